The molecule has 0 aromatic heterocycles. The zero-order valence-corrected chi connectivity index (χ0v) is 10.2. The lowest BCUT2D eigenvalue weighted by Crippen LogP contribution is -2.46. The Kier molecular flexibility index (Phi) is 4.72. The molecule has 0 aliphatic carbocycles. The molecule has 18 heavy (non-hydrogen) atoms. The van der Waals surface area contributed by atoms with Crippen molar-refractivity contribution in [1.82, 2.24) is 10.6 Å². The molecule has 2 aliphatic heterocycles. The molecule has 2 saturated heterocycles. The number of carbonyl (C=O) groups excluding carboxylic acids is 2. The summed E-state index contributed by atoms with van der Waals surface area (Å²) in [7, 11) is 0. The first-order valence-electron chi connectivity index (χ1n) is 6.22. The molecule has 6 heteroatoms. The molecule has 100 valence electrons. The van der Waals surface area contributed by atoms with E-state index in [9.17, 15) is 9.59 Å². The third-order valence-corrected chi connectivity index (χ3v) is 3.06. The summed E-state index contributed by atoms with van der Waals surface area (Å²) in [4.78, 5) is 22.5. The molecule has 2 fully saturated rings. The monoisotopic (exact) mass is 254 g/mol. The van der Waals surface area contributed by atoms with Crippen molar-refractivity contribution in [2.75, 3.05) is 26.3 Å². The highest BCUT2D eigenvalue weighted by molar-refractivity contribution is 5.91. The molecule has 2 N–H and O–H groups in total. The third-order valence-electron chi connectivity index (χ3n) is 3.06. The van der Waals surface area contributed by atoms with E-state index in [1.165, 1.54) is 0 Å². The van der Waals surface area contributed by atoms with Crippen LogP contribution in [-0.2, 0) is 19.1 Å². The summed E-state index contributed by atoms with van der Waals surface area (Å²) in [6.45, 7) is 2.65. The van der Waals surface area contributed by atoms with E-state index >= 15 is 0 Å². The number of rotatable bonds is 6. The summed E-state index contributed by atoms with van der Waals surface area (Å²) in [6, 6.07) is 0.526. The number of hydrogen-bond acceptors (Lipinski definition) is 6. The molecule has 0 spiro atoms. The summed E-state index contributed by atoms with van der Waals surface area (Å²) in [5.74, 6) is -1.02. The van der Waals surface area contributed by atoms with Crippen molar-refractivity contribution in [3.05, 3.63) is 12.2 Å². The van der Waals surface area contributed by atoms with Gasteiger partial charge in [0.05, 0.1) is 0 Å². The molecule has 0 saturated carbocycles. The van der Waals surface area contributed by atoms with Gasteiger partial charge in [-0.05, 0) is 25.9 Å². The summed E-state index contributed by atoms with van der Waals surface area (Å²) >= 11 is 0. The maximum atomic E-state index is 11.2. The fourth-order valence-corrected chi connectivity index (χ4v) is 1.58. The number of esters is 2. The molecular weight excluding hydrogens is 236 g/mol. The van der Waals surface area contributed by atoms with Crippen LogP contribution in [0.15, 0.2) is 12.2 Å². The van der Waals surface area contributed by atoms with Crippen molar-refractivity contribution in [3.8, 4) is 0 Å². The smallest absolute Gasteiger partial charge is 0.331 e. The number of carbonyl (C=O) groups is 2. The zero-order valence-electron chi connectivity index (χ0n) is 10.2. The van der Waals surface area contributed by atoms with Crippen LogP contribution in [0.3, 0.4) is 0 Å². The van der Waals surface area contributed by atoms with Crippen LogP contribution in [0.4, 0.5) is 0 Å². The lowest BCUT2D eigenvalue weighted by atomic mass is 10.1. The average molecular weight is 254 g/mol. The second-order valence-corrected chi connectivity index (χ2v) is 4.47. The van der Waals surface area contributed by atoms with Gasteiger partial charge in [0.2, 0.25) is 0 Å². The van der Waals surface area contributed by atoms with Crippen LogP contribution in [0, 0.1) is 0 Å². The lowest BCUT2D eigenvalue weighted by Gasteiger charge is -2.26. The minimum atomic E-state index is -0.512. The molecule has 0 bridgehead atoms. The van der Waals surface area contributed by atoms with Crippen molar-refractivity contribution >= 4 is 11.9 Å². The Balaban J connectivity index is 1.55. The van der Waals surface area contributed by atoms with Crippen molar-refractivity contribution in [2.45, 2.75) is 24.9 Å². The fraction of sp³-hybridized carbons (Fsp3) is 0.667. The van der Waals surface area contributed by atoms with Crippen LogP contribution in [0.25, 0.3) is 0 Å². The highest BCUT2D eigenvalue weighted by Crippen LogP contribution is 2.03. The molecule has 2 rings (SSSR count). The Morgan fingerprint density at radius 3 is 1.61 bits per heavy atom. The Morgan fingerprint density at radius 1 is 0.944 bits per heavy atom. The fourth-order valence-electron chi connectivity index (χ4n) is 1.58. The van der Waals surface area contributed by atoms with Gasteiger partial charge in [-0.3, -0.25) is 0 Å². The van der Waals surface area contributed by atoms with E-state index in [4.69, 9.17) is 9.47 Å². The van der Waals surface area contributed by atoms with E-state index in [1.54, 1.807) is 0 Å². The van der Waals surface area contributed by atoms with Gasteiger partial charge in [0.1, 0.15) is 13.2 Å². The topological polar surface area (TPSA) is 76.7 Å². The minimum Gasteiger partial charge on any atom is -0.461 e. The maximum Gasteiger partial charge on any atom is 0.331 e. The van der Waals surface area contributed by atoms with Gasteiger partial charge in [-0.25, -0.2) is 9.59 Å². The van der Waals surface area contributed by atoms with E-state index in [2.05, 4.69) is 10.6 Å². The first kappa shape index (κ1) is 13.0. The quantitative estimate of drug-likeness (QED) is 0.485. The van der Waals surface area contributed by atoms with Crippen LogP contribution in [0.5, 0.6) is 0 Å². The molecule has 0 radical (unpaired) electrons. The Labute approximate surface area is 106 Å². The first-order chi connectivity index (χ1) is 8.74. The SMILES string of the molecule is O=C(/C=C/C(=O)OCC1CCN1)OCC1CCN1. The molecule has 2 heterocycles. The highest BCUT2D eigenvalue weighted by Gasteiger charge is 2.18. The molecule has 2 unspecified atom stereocenters. The maximum absolute atomic E-state index is 11.2. The summed E-state index contributed by atoms with van der Waals surface area (Å²) in [5.41, 5.74) is 0. The standard InChI is InChI=1S/C12H18N2O4/c15-11(17-7-9-3-5-13-9)1-2-12(16)18-8-10-4-6-14-10/h1-2,9-10,13-14H,3-8H2/b2-1+. The molecule has 0 aromatic carbocycles. The molecule has 2 aliphatic rings. The van der Waals surface area contributed by atoms with E-state index in [-0.39, 0.29) is 12.1 Å². The van der Waals surface area contributed by atoms with Crippen LogP contribution < -0.4 is 10.6 Å². The number of ether oxygens (including phenoxy) is 2. The molecule has 0 amide bonds. The van der Waals surface area contributed by atoms with Gasteiger partial charge in [0.15, 0.2) is 0 Å². The molecule has 6 nitrogen and oxygen atoms in total. The van der Waals surface area contributed by atoms with Crippen molar-refractivity contribution in [2.24, 2.45) is 0 Å². The molecular formula is C12H18N2O4. The van der Waals surface area contributed by atoms with Gasteiger partial charge < -0.3 is 20.1 Å². The highest BCUT2D eigenvalue weighted by atomic mass is 16.5. The van der Waals surface area contributed by atoms with Gasteiger partial charge in [-0.15, -0.1) is 0 Å². The van der Waals surface area contributed by atoms with Crippen LogP contribution in [-0.4, -0.2) is 50.3 Å². The second-order valence-electron chi connectivity index (χ2n) is 4.47. The van der Waals surface area contributed by atoms with Gasteiger partial charge in [0.25, 0.3) is 0 Å². The van der Waals surface area contributed by atoms with Gasteiger partial charge >= 0.3 is 11.9 Å². The predicted molar refractivity (Wildman–Crippen MR) is 63.9 cm³/mol. The number of hydrogen-bond donors (Lipinski definition) is 2. The molecule has 0 aromatic rings. The van der Waals surface area contributed by atoms with Crippen LogP contribution in [0.1, 0.15) is 12.8 Å². The molecule has 2 atom stereocenters. The summed E-state index contributed by atoms with van der Waals surface area (Å²) < 4.78 is 9.89. The van der Waals surface area contributed by atoms with Crippen molar-refractivity contribution < 1.29 is 19.1 Å². The summed E-state index contributed by atoms with van der Waals surface area (Å²) in [5, 5.41) is 6.22. The van der Waals surface area contributed by atoms with Crippen LogP contribution in [0.2, 0.25) is 0 Å². The second kappa shape index (κ2) is 6.51. The average Bonchev–Trinajstić information content (AvgIpc) is 2.22. The van der Waals surface area contributed by atoms with E-state index in [0.29, 0.717) is 13.2 Å². The van der Waals surface area contributed by atoms with Gasteiger partial charge in [-0.2, -0.15) is 0 Å². The largest absolute Gasteiger partial charge is 0.461 e. The van der Waals surface area contributed by atoms with Crippen molar-refractivity contribution in [1.29, 1.82) is 0 Å². The van der Waals surface area contributed by atoms with Crippen molar-refractivity contribution in [3.63, 3.8) is 0 Å². The Bertz CT molecular complexity index is 303. The first-order valence-corrected chi connectivity index (χ1v) is 6.22. The lowest BCUT2D eigenvalue weighted by molar-refractivity contribution is -0.141. The van der Waals surface area contributed by atoms with Gasteiger partial charge in [0, 0.05) is 24.2 Å². The predicted octanol–water partition coefficient (Wildman–Crippen LogP) is -0.647. The zero-order chi connectivity index (χ0) is 12.8. The van der Waals surface area contributed by atoms with E-state index in [1.807, 2.05) is 0 Å². The normalized spacial score (nSPS) is 26.2. The Morgan fingerprint density at radius 2 is 1.33 bits per heavy atom. The van der Waals surface area contributed by atoms with E-state index in [0.717, 1.165) is 38.1 Å². The number of nitrogens with one attached hydrogen (secondary N) is 2. The minimum absolute atomic E-state index is 0.263. The Hall–Kier alpha value is -1.40. The van der Waals surface area contributed by atoms with E-state index < -0.39 is 11.9 Å². The third kappa shape index (κ3) is 4.12. The summed E-state index contributed by atoms with van der Waals surface area (Å²) in [6.07, 6.45) is 4.26. The van der Waals surface area contributed by atoms with Gasteiger partial charge in [-0.1, -0.05) is 0 Å². The van der Waals surface area contributed by atoms with Crippen LogP contribution >= 0.6 is 0 Å².